The lowest BCUT2D eigenvalue weighted by molar-refractivity contribution is -0.935. The Bertz CT molecular complexity index is 882. The Morgan fingerprint density at radius 3 is 2.67 bits per heavy atom. The molecule has 0 fully saturated rings. The van der Waals surface area contributed by atoms with E-state index < -0.39 is 5.69 Å². The predicted octanol–water partition coefficient (Wildman–Crippen LogP) is 0.709. The monoisotopic (exact) mass is 329 g/mol. The van der Waals surface area contributed by atoms with E-state index in [1.165, 1.54) is 10.5 Å². The molecule has 6 heteroatoms. The summed E-state index contributed by atoms with van der Waals surface area (Å²) in [5.74, 6) is 0.624. The van der Waals surface area contributed by atoms with Crippen molar-refractivity contribution in [2.75, 3.05) is 12.0 Å². The maximum absolute atomic E-state index is 12.4. The average Bonchev–Trinajstić information content (AvgIpc) is 2.57. The summed E-state index contributed by atoms with van der Waals surface area (Å²) in [6, 6.07) is 6.34. The summed E-state index contributed by atoms with van der Waals surface area (Å²) in [6.45, 7) is 9.70. The minimum absolute atomic E-state index is 0.289. The minimum Gasteiger partial charge on any atom is -0.324 e. The van der Waals surface area contributed by atoms with Gasteiger partial charge in [-0.1, -0.05) is 13.0 Å². The number of anilines is 1. The van der Waals surface area contributed by atoms with Crippen molar-refractivity contribution in [3.63, 3.8) is 0 Å². The number of nitrogens with zero attached hydrogens (tertiary/aromatic N) is 1. The van der Waals surface area contributed by atoms with Crippen molar-refractivity contribution in [2.45, 2.75) is 46.7 Å². The molecule has 0 bridgehead atoms. The third kappa shape index (κ3) is 2.78. The van der Waals surface area contributed by atoms with Gasteiger partial charge in [-0.15, -0.1) is 0 Å². The van der Waals surface area contributed by atoms with Gasteiger partial charge in [0.05, 0.1) is 11.7 Å². The molecule has 0 radical (unpaired) electrons. The fourth-order valence-electron chi connectivity index (χ4n) is 3.16. The minimum atomic E-state index is -0.401. The Labute approximate surface area is 141 Å². The standard InChI is InChI=1S/C18H24N4O2/c1-5-13(4)21-9-15-16(19-10-21)22(18(24)20-17(15)23)14-7-6-11(2)12(3)8-14/h6-8,13,19H,5,9-10H2,1-4H3,(H,20,23,24)/p+1/t13-/m0/s1. The van der Waals surface area contributed by atoms with Gasteiger partial charge in [-0.05, 0) is 50.5 Å². The van der Waals surface area contributed by atoms with Gasteiger partial charge in [-0.3, -0.25) is 9.78 Å². The Hall–Kier alpha value is -2.34. The van der Waals surface area contributed by atoms with Crippen LogP contribution in [0, 0.1) is 13.8 Å². The van der Waals surface area contributed by atoms with Crippen molar-refractivity contribution in [1.82, 2.24) is 9.55 Å². The van der Waals surface area contributed by atoms with Crippen LogP contribution in [0.25, 0.3) is 5.69 Å². The normalized spacial score (nSPS) is 17.9. The lowest BCUT2D eigenvalue weighted by atomic mass is 10.1. The number of hydrogen-bond donors (Lipinski definition) is 3. The Balaban J connectivity index is 2.14. The molecule has 0 saturated heterocycles. The van der Waals surface area contributed by atoms with Gasteiger partial charge in [0, 0.05) is 0 Å². The number of H-pyrrole nitrogens is 1. The van der Waals surface area contributed by atoms with Gasteiger partial charge in [0.1, 0.15) is 17.9 Å². The topological polar surface area (TPSA) is 71.3 Å². The third-order valence-electron chi connectivity index (χ3n) is 5.15. The predicted molar refractivity (Wildman–Crippen MR) is 95.0 cm³/mol. The SMILES string of the molecule is CC[C@H](C)[NH+]1CNc2c(c(=O)[nH]c(=O)n2-c2ccc(C)c(C)c2)C1. The van der Waals surface area contributed by atoms with Gasteiger partial charge >= 0.3 is 5.69 Å². The van der Waals surface area contributed by atoms with Crippen molar-refractivity contribution in [3.8, 4) is 5.69 Å². The molecule has 2 aromatic rings. The number of benzene rings is 1. The van der Waals surface area contributed by atoms with Crippen LogP contribution in [-0.2, 0) is 6.54 Å². The molecule has 1 aliphatic rings. The van der Waals surface area contributed by atoms with E-state index in [4.69, 9.17) is 0 Å². The van der Waals surface area contributed by atoms with Gasteiger partial charge in [0.2, 0.25) is 0 Å². The maximum atomic E-state index is 12.4. The van der Waals surface area contributed by atoms with Gasteiger partial charge in [0.15, 0.2) is 6.67 Å². The van der Waals surface area contributed by atoms with E-state index in [-0.39, 0.29) is 5.56 Å². The summed E-state index contributed by atoms with van der Waals surface area (Å²) >= 11 is 0. The van der Waals surface area contributed by atoms with Crippen molar-refractivity contribution in [2.24, 2.45) is 0 Å². The highest BCUT2D eigenvalue weighted by Crippen LogP contribution is 2.19. The van der Waals surface area contributed by atoms with Crippen LogP contribution in [0.1, 0.15) is 37.0 Å². The third-order valence-corrected chi connectivity index (χ3v) is 5.15. The van der Waals surface area contributed by atoms with E-state index in [0.29, 0.717) is 30.6 Å². The fraction of sp³-hybridized carbons (Fsp3) is 0.444. The summed E-state index contributed by atoms with van der Waals surface area (Å²) in [5, 5.41) is 3.32. The van der Waals surface area contributed by atoms with E-state index in [0.717, 1.165) is 17.7 Å². The van der Waals surface area contributed by atoms with Crippen LogP contribution < -0.4 is 21.5 Å². The molecule has 0 amide bonds. The van der Waals surface area contributed by atoms with Gasteiger partial charge < -0.3 is 10.2 Å². The molecule has 24 heavy (non-hydrogen) atoms. The average molecular weight is 329 g/mol. The smallest absolute Gasteiger partial charge is 0.324 e. The molecule has 0 spiro atoms. The molecule has 3 rings (SSSR count). The molecule has 1 aromatic heterocycles. The highest BCUT2D eigenvalue weighted by Gasteiger charge is 2.28. The van der Waals surface area contributed by atoms with Crippen molar-refractivity contribution in [1.29, 1.82) is 0 Å². The van der Waals surface area contributed by atoms with Crippen LogP contribution in [-0.4, -0.2) is 22.3 Å². The molecule has 2 heterocycles. The van der Waals surface area contributed by atoms with Gasteiger partial charge in [0.25, 0.3) is 5.56 Å². The summed E-state index contributed by atoms with van der Waals surface area (Å²) in [4.78, 5) is 28.5. The number of aromatic amines is 1. The Kier molecular flexibility index (Phi) is 4.32. The van der Waals surface area contributed by atoms with E-state index in [1.54, 1.807) is 4.57 Å². The molecular weight excluding hydrogens is 304 g/mol. The number of aromatic nitrogens is 2. The second kappa shape index (κ2) is 6.28. The molecule has 3 N–H and O–H groups in total. The van der Waals surface area contributed by atoms with Crippen LogP contribution in [0.4, 0.5) is 5.82 Å². The largest absolute Gasteiger partial charge is 0.334 e. The Morgan fingerprint density at radius 2 is 2.00 bits per heavy atom. The first-order valence-corrected chi connectivity index (χ1v) is 8.46. The van der Waals surface area contributed by atoms with Crippen molar-refractivity contribution < 1.29 is 4.90 Å². The molecular formula is C18H25N4O2+. The molecule has 128 valence electrons. The maximum Gasteiger partial charge on any atom is 0.334 e. The number of fused-ring (bicyclic) bond motifs is 1. The number of nitrogens with one attached hydrogen (secondary N) is 3. The number of hydrogen-bond acceptors (Lipinski definition) is 3. The Morgan fingerprint density at radius 1 is 1.25 bits per heavy atom. The first kappa shape index (κ1) is 16.5. The van der Waals surface area contributed by atoms with Crippen LogP contribution >= 0.6 is 0 Å². The second-order valence-electron chi connectivity index (χ2n) is 6.69. The zero-order chi connectivity index (χ0) is 17.4. The van der Waals surface area contributed by atoms with E-state index >= 15 is 0 Å². The van der Waals surface area contributed by atoms with Crippen LogP contribution in [0.5, 0.6) is 0 Å². The molecule has 1 unspecified atom stereocenters. The van der Waals surface area contributed by atoms with Gasteiger partial charge in [-0.25, -0.2) is 9.36 Å². The zero-order valence-electron chi connectivity index (χ0n) is 14.7. The number of rotatable bonds is 3. The van der Waals surface area contributed by atoms with Crippen LogP contribution in [0.3, 0.4) is 0 Å². The van der Waals surface area contributed by atoms with Crippen molar-refractivity contribution >= 4 is 5.82 Å². The second-order valence-corrected chi connectivity index (χ2v) is 6.69. The summed E-state index contributed by atoms with van der Waals surface area (Å²) < 4.78 is 1.58. The summed E-state index contributed by atoms with van der Waals surface area (Å²) in [7, 11) is 0. The fourth-order valence-corrected chi connectivity index (χ4v) is 3.16. The highest BCUT2D eigenvalue weighted by molar-refractivity contribution is 5.52. The highest BCUT2D eigenvalue weighted by atomic mass is 16.2. The molecule has 2 atom stereocenters. The van der Waals surface area contributed by atoms with Crippen LogP contribution in [0.2, 0.25) is 0 Å². The number of aryl methyl sites for hydroxylation is 2. The van der Waals surface area contributed by atoms with E-state index in [2.05, 4.69) is 24.1 Å². The molecule has 0 aliphatic carbocycles. The van der Waals surface area contributed by atoms with E-state index in [9.17, 15) is 9.59 Å². The summed E-state index contributed by atoms with van der Waals surface area (Å²) in [5.41, 5.74) is 3.02. The van der Waals surface area contributed by atoms with Crippen molar-refractivity contribution in [3.05, 3.63) is 55.7 Å². The lowest BCUT2D eigenvalue weighted by Gasteiger charge is -2.31. The first-order valence-electron chi connectivity index (χ1n) is 8.46. The zero-order valence-corrected chi connectivity index (χ0v) is 14.7. The van der Waals surface area contributed by atoms with E-state index in [1.807, 2.05) is 32.0 Å². The molecule has 1 aromatic carbocycles. The van der Waals surface area contributed by atoms with Crippen LogP contribution in [0.15, 0.2) is 27.8 Å². The quantitative estimate of drug-likeness (QED) is 0.777. The first-order chi connectivity index (χ1) is 11.4. The lowest BCUT2D eigenvalue weighted by Crippen LogP contribution is -3.16. The number of quaternary nitrogens is 1. The molecule has 0 saturated carbocycles. The summed E-state index contributed by atoms with van der Waals surface area (Å²) in [6.07, 6.45) is 1.04. The molecule has 6 nitrogen and oxygen atoms in total. The van der Waals surface area contributed by atoms with Gasteiger partial charge in [-0.2, -0.15) is 0 Å². The molecule has 1 aliphatic heterocycles.